The first kappa shape index (κ1) is 24.3. The molecule has 186 valence electrons. The second-order valence-electron chi connectivity index (χ2n) is 10.7. The van der Waals surface area contributed by atoms with Crippen molar-refractivity contribution in [3.05, 3.63) is 29.7 Å². The van der Waals surface area contributed by atoms with Gasteiger partial charge in [-0.2, -0.15) is 5.10 Å². The fourth-order valence-corrected chi connectivity index (χ4v) is 4.48. The molecule has 2 aliphatic rings. The summed E-state index contributed by atoms with van der Waals surface area (Å²) in [6.45, 7) is 5.58. The topological polar surface area (TPSA) is 97.6 Å². The number of aromatic nitrogens is 3. The second-order valence-corrected chi connectivity index (χ2v) is 10.7. The Morgan fingerprint density at radius 1 is 1.26 bits per heavy atom. The minimum Gasteiger partial charge on any atom is -0.444 e. The van der Waals surface area contributed by atoms with Crippen molar-refractivity contribution in [1.82, 2.24) is 25.2 Å². The van der Waals surface area contributed by atoms with Crippen LogP contribution < -0.4 is 10.6 Å². The summed E-state index contributed by atoms with van der Waals surface area (Å²) in [6.07, 6.45) is 6.84. The lowest BCUT2D eigenvalue weighted by molar-refractivity contribution is -0.134. The number of nitrogens with zero attached hydrogens (tertiary/aromatic N) is 3. The zero-order valence-corrected chi connectivity index (χ0v) is 19.9. The molecule has 2 N–H and O–H groups in total. The molecular weight excluding hydrogens is 444 g/mol. The second kappa shape index (κ2) is 9.46. The highest BCUT2D eigenvalue weighted by molar-refractivity contribution is 5.77. The monoisotopic (exact) mass is 477 g/mol. The lowest BCUT2D eigenvalue weighted by atomic mass is 9.78. The van der Waals surface area contributed by atoms with Crippen LogP contribution in [0.15, 0.2) is 18.5 Å². The number of alkyl halides is 2. The van der Waals surface area contributed by atoms with Crippen molar-refractivity contribution >= 4 is 17.6 Å². The highest BCUT2D eigenvalue weighted by Crippen LogP contribution is 2.44. The molecule has 2 aromatic rings. The number of carbonyl (C=O) groups excluding carboxylic acids is 2. The summed E-state index contributed by atoms with van der Waals surface area (Å²) in [7, 11) is 0. The van der Waals surface area contributed by atoms with Crippen molar-refractivity contribution in [2.75, 3.05) is 0 Å². The predicted molar refractivity (Wildman–Crippen MR) is 121 cm³/mol. The third-order valence-corrected chi connectivity index (χ3v) is 6.38. The van der Waals surface area contributed by atoms with Crippen molar-refractivity contribution in [2.45, 2.75) is 89.8 Å². The van der Waals surface area contributed by atoms with Gasteiger partial charge in [0.05, 0.1) is 30.7 Å². The number of amides is 2. The number of carbonyl (C=O) groups is 2. The Labute approximate surface area is 197 Å². The van der Waals surface area contributed by atoms with Crippen LogP contribution in [-0.2, 0) is 16.1 Å². The van der Waals surface area contributed by atoms with E-state index in [4.69, 9.17) is 4.74 Å². The molecular formula is C24H33F2N5O3. The number of hydrogen-bond donors (Lipinski definition) is 2. The molecule has 2 aromatic heterocycles. The van der Waals surface area contributed by atoms with Crippen LogP contribution in [0.1, 0.15) is 83.0 Å². The van der Waals surface area contributed by atoms with E-state index in [0.717, 1.165) is 24.8 Å². The van der Waals surface area contributed by atoms with E-state index >= 15 is 0 Å². The van der Waals surface area contributed by atoms with Gasteiger partial charge in [0.25, 0.3) is 0 Å². The molecule has 2 heterocycles. The Balaban J connectivity index is 1.41. The molecule has 2 amide bonds. The summed E-state index contributed by atoms with van der Waals surface area (Å²) >= 11 is 0. The van der Waals surface area contributed by atoms with Crippen molar-refractivity contribution in [1.29, 1.82) is 0 Å². The molecule has 0 saturated heterocycles. The molecule has 8 nitrogen and oxygen atoms in total. The molecule has 2 fully saturated rings. The fourth-order valence-electron chi connectivity index (χ4n) is 4.48. The molecule has 0 bridgehead atoms. The number of ether oxygens (including phenoxy) is 1. The van der Waals surface area contributed by atoms with E-state index in [9.17, 15) is 18.4 Å². The first-order valence-corrected chi connectivity index (χ1v) is 11.9. The van der Waals surface area contributed by atoms with Crippen LogP contribution in [-0.4, -0.2) is 38.1 Å². The predicted octanol–water partition coefficient (Wildman–Crippen LogP) is 4.54. The SMILES string of the molecule is CC(C)(C)OC(=O)NCc1cn2ncc(C(CC3CCC3)NC(=O)CC3CC(F)(F)C3)cc2n1. The molecule has 0 radical (unpaired) electrons. The van der Waals surface area contributed by atoms with E-state index in [0.29, 0.717) is 17.3 Å². The van der Waals surface area contributed by atoms with Crippen LogP contribution in [0.5, 0.6) is 0 Å². The number of alkyl carbamates (subject to hydrolysis) is 1. The summed E-state index contributed by atoms with van der Waals surface area (Å²) in [5.41, 5.74) is 1.48. The van der Waals surface area contributed by atoms with Crippen molar-refractivity contribution in [2.24, 2.45) is 11.8 Å². The van der Waals surface area contributed by atoms with Crippen molar-refractivity contribution in [3.63, 3.8) is 0 Å². The number of nitrogens with one attached hydrogen (secondary N) is 2. The maximum atomic E-state index is 13.1. The Kier molecular flexibility index (Phi) is 6.78. The standard InChI is InChI=1S/C24H33F2N5O3/c1-23(2,3)34-22(33)27-13-18-14-31-20(29-18)9-17(12-28-31)19(7-15-5-4-6-15)30-21(32)8-16-10-24(25,26)11-16/h9,12,14-16,19H,4-8,10-11,13H2,1-3H3,(H,27,33)(H,30,32). The van der Waals surface area contributed by atoms with Crippen molar-refractivity contribution in [3.8, 4) is 0 Å². The zero-order valence-electron chi connectivity index (χ0n) is 19.9. The number of hydrogen-bond acceptors (Lipinski definition) is 5. The maximum absolute atomic E-state index is 13.1. The van der Waals surface area contributed by atoms with Gasteiger partial charge in [-0.3, -0.25) is 4.79 Å². The molecule has 4 rings (SSSR count). The van der Waals surface area contributed by atoms with Gasteiger partial charge in [0.15, 0.2) is 5.65 Å². The number of imidazole rings is 1. The van der Waals surface area contributed by atoms with Gasteiger partial charge in [-0.05, 0) is 50.7 Å². The highest BCUT2D eigenvalue weighted by atomic mass is 19.3. The van der Waals surface area contributed by atoms with Gasteiger partial charge < -0.3 is 15.4 Å². The van der Waals surface area contributed by atoms with Crippen LogP contribution in [0.4, 0.5) is 13.6 Å². The molecule has 0 spiro atoms. The first-order valence-electron chi connectivity index (χ1n) is 11.9. The van der Waals surface area contributed by atoms with Gasteiger partial charge in [0, 0.05) is 19.3 Å². The third-order valence-electron chi connectivity index (χ3n) is 6.38. The lowest BCUT2D eigenvalue weighted by Crippen LogP contribution is -2.39. The summed E-state index contributed by atoms with van der Waals surface area (Å²) in [5, 5.41) is 10.2. The zero-order chi connectivity index (χ0) is 24.5. The van der Waals surface area contributed by atoms with E-state index in [1.807, 2.05) is 6.07 Å². The van der Waals surface area contributed by atoms with Gasteiger partial charge in [0.2, 0.25) is 11.8 Å². The summed E-state index contributed by atoms with van der Waals surface area (Å²) in [5.74, 6) is -2.55. The quantitative estimate of drug-likeness (QED) is 0.582. The highest BCUT2D eigenvalue weighted by Gasteiger charge is 2.45. The van der Waals surface area contributed by atoms with Gasteiger partial charge in [-0.15, -0.1) is 0 Å². The summed E-state index contributed by atoms with van der Waals surface area (Å²) in [4.78, 5) is 29.0. The molecule has 34 heavy (non-hydrogen) atoms. The minimum atomic E-state index is -2.62. The van der Waals surface area contributed by atoms with Gasteiger partial charge in [-0.1, -0.05) is 19.3 Å². The van der Waals surface area contributed by atoms with E-state index in [-0.39, 0.29) is 43.7 Å². The molecule has 10 heteroatoms. The Morgan fingerprint density at radius 2 is 2.00 bits per heavy atom. The molecule has 1 unspecified atom stereocenters. The molecule has 1 atom stereocenters. The van der Waals surface area contributed by atoms with Crippen LogP contribution >= 0.6 is 0 Å². The van der Waals surface area contributed by atoms with Crippen molar-refractivity contribution < 1.29 is 23.1 Å². The first-order chi connectivity index (χ1) is 16.0. The smallest absolute Gasteiger partial charge is 0.407 e. The van der Waals surface area contributed by atoms with Gasteiger partial charge in [0.1, 0.15) is 5.60 Å². The maximum Gasteiger partial charge on any atom is 0.407 e. The molecule has 2 aliphatic carbocycles. The molecule has 2 saturated carbocycles. The third kappa shape index (κ3) is 6.42. The van der Waals surface area contributed by atoms with Crippen LogP contribution in [0, 0.1) is 11.8 Å². The molecule has 0 aromatic carbocycles. The van der Waals surface area contributed by atoms with Crippen LogP contribution in [0.25, 0.3) is 5.65 Å². The average Bonchev–Trinajstić information content (AvgIpc) is 3.07. The molecule has 0 aliphatic heterocycles. The van der Waals surface area contributed by atoms with E-state index in [1.165, 1.54) is 6.42 Å². The fraction of sp³-hybridized carbons (Fsp3) is 0.667. The van der Waals surface area contributed by atoms with E-state index in [2.05, 4.69) is 20.7 Å². The van der Waals surface area contributed by atoms with Gasteiger partial charge in [-0.25, -0.2) is 23.1 Å². The summed E-state index contributed by atoms with van der Waals surface area (Å²) < 4.78 is 33.1. The van der Waals surface area contributed by atoms with E-state index < -0.39 is 17.6 Å². The lowest BCUT2D eigenvalue weighted by Gasteiger charge is -2.35. The number of rotatable bonds is 8. The summed E-state index contributed by atoms with van der Waals surface area (Å²) in [6, 6.07) is 1.64. The largest absolute Gasteiger partial charge is 0.444 e. The van der Waals surface area contributed by atoms with E-state index in [1.54, 1.807) is 37.7 Å². The van der Waals surface area contributed by atoms with Gasteiger partial charge >= 0.3 is 6.09 Å². The Hall–Kier alpha value is -2.78. The minimum absolute atomic E-state index is 0.121. The number of fused-ring (bicyclic) bond motifs is 1. The Bertz CT molecular complexity index is 1040. The normalized spacial score (nSPS) is 19.2. The average molecular weight is 478 g/mol. The Morgan fingerprint density at radius 3 is 2.62 bits per heavy atom. The number of halogens is 2. The van der Waals surface area contributed by atoms with Crippen LogP contribution in [0.2, 0.25) is 0 Å². The van der Waals surface area contributed by atoms with Crippen LogP contribution in [0.3, 0.4) is 0 Å².